The van der Waals surface area contributed by atoms with Gasteiger partial charge in [-0.15, -0.1) is 0 Å². The van der Waals surface area contributed by atoms with Gasteiger partial charge in [-0.1, -0.05) is 0 Å². The minimum atomic E-state index is -1.01. The fourth-order valence-corrected chi connectivity index (χ4v) is 1.92. The molecule has 2 aromatic rings. The number of nitrogens with one attached hydrogen (secondary N) is 2. The molecular weight excluding hydrogens is 356 g/mol. The molecule has 0 heterocycles. The highest BCUT2D eigenvalue weighted by molar-refractivity contribution is 5.78. The summed E-state index contributed by atoms with van der Waals surface area (Å²) < 4.78 is 0. The quantitative estimate of drug-likeness (QED) is 0.544. The SMILES string of the molecule is O=[N+]([O-])c1ccc(NNc2c([N+](=O)[O-])cc([N+](=O)[O-])cc2[N+](=O)[O-])cc1. The molecule has 2 aromatic carbocycles. The Morgan fingerprint density at radius 1 is 0.615 bits per heavy atom. The van der Waals surface area contributed by atoms with Crippen molar-refractivity contribution in [3.8, 4) is 0 Å². The second-order valence-corrected chi connectivity index (χ2v) is 4.68. The van der Waals surface area contributed by atoms with Crippen LogP contribution in [0.2, 0.25) is 0 Å². The van der Waals surface area contributed by atoms with Crippen molar-refractivity contribution in [3.05, 3.63) is 76.9 Å². The van der Waals surface area contributed by atoms with Crippen molar-refractivity contribution in [2.75, 3.05) is 10.9 Å². The van der Waals surface area contributed by atoms with Crippen molar-refractivity contribution >= 4 is 34.1 Å². The molecule has 0 aliphatic rings. The Kier molecular flexibility index (Phi) is 4.87. The van der Waals surface area contributed by atoms with Gasteiger partial charge in [-0.3, -0.25) is 45.9 Å². The Bertz CT molecular complexity index is 877. The van der Waals surface area contributed by atoms with Gasteiger partial charge in [0.05, 0.1) is 37.5 Å². The number of nitro benzene ring substituents is 4. The summed E-state index contributed by atoms with van der Waals surface area (Å²) in [7, 11) is 0. The van der Waals surface area contributed by atoms with Crippen LogP contribution in [0.25, 0.3) is 0 Å². The number of nitro groups is 4. The van der Waals surface area contributed by atoms with Crippen molar-refractivity contribution in [1.82, 2.24) is 0 Å². The van der Waals surface area contributed by atoms with E-state index in [1.807, 2.05) is 0 Å². The molecule has 2 rings (SSSR count). The molecule has 0 aliphatic carbocycles. The lowest BCUT2D eigenvalue weighted by Crippen LogP contribution is -2.12. The first-order valence-corrected chi connectivity index (χ1v) is 6.58. The van der Waals surface area contributed by atoms with Gasteiger partial charge in [0.2, 0.25) is 5.69 Å². The molecule has 26 heavy (non-hydrogen) atoms. The van der Waals surface area contributed by atoms with Crippen LogP contribution >= 0.6 is 0 Å². The van der Waals surface area contributed by atoms with Gasteiger partial charge in [-0.25, -0.2) is 0 Å². The Hall–Kier alpha value is -4.36. The van der Waals surface area contributed by atoms with Crippen LogP contribution in [0.1, 0.15) is 0 Å². The highest BCUT2D eigenvalue weighted by atomic mass is 16.6. The smallest absolute Gasteiger partial charge is 0.300 e. The molecule has 0 spiro atoms. The lowest BCUT2D eigenvalue weighted by molar-refractivity contribution is -0.401. The second kappa shape index (κ2) is 7.04. The first-order chi connectivity index (χ1) is 12.2. The first-order valence-electron chi connectivity index (χ1n) is 6.58. The zero-order chi connectivity index (χ0) is 19.4. The van der Waals surface area contributed by atoms with E-state index >= 15 is 0 Å². The number of rotatable bonds is 7. The second-order valence-electron chi connectivity index (χ2n) is 4.68. The van der Waals surface area contributed by atoms with Crippen LogP contribution in [-0.4, -0.2) is 19.7 Å². The van der Waals surface area contributed by atoms with E-state index in [0.29, 0.717) is 12.1 Å². The van der Waals surface area contributed by atoms with Gasteiger partial charge in [0.15, 0.2) is 0 Å². The van der Waals surface area contributed by atoms with Crippen molar-refractivity contribution in [1.29, 1.82) is 0 Å². The Labute approximate surface area is 142 Å². The third-order valence-electron chi connectivity index (χ3n) is 3.10. The molecule has 134 valence electrons. The van der Waals surface area contributed by atoms with E-state index in [2.05, 4.69) is 10.9 Å². The largest absolute Gasteiger partial charge is 0.308 e. The summed E-state index contributed by atoms with van der Waals surface area (Å²) in [5, 5.41) is 43.6. The number of benzene rings is 2. The zero-order valence-electron chi connectivity index (χ0n) is 12.5. The van der Waals surface area contributed by atoms with E-state index in [9.17, 15) is 40.5 Å². The maximum Gasteiger partial charge on any atom is 0.308 e. The first kappa shape index (κ1) is 18.0. The van der Waals surface area contributed by atoms with Gasteiger partial charge < -0.3 is 5.43 Å². The fraction of sp³-hybridized carbons (Fsp3) is 0. The normalized spacial score (nSPS) is 10.0. The number of anilines is 2. The summed E-state index contributed by atoms with van der Waals surface area (Å²) in [6.45, 7) is 0. The number of nitrogens with zero attached hydrogens (tertiary/aromatic N) is 4. The molecule has 0 aromatic heterocycles. The van der Waals surface area contributed by atoms with Crippen molar-refractivity contribution in [2.45, 2.75) is 0 Å². The Morgan fingerprint density at radius 3 is 1.46 bits per heavy atom. The van der Waals surface area contributed by atoms with Crippen LogP contribution in [0.3, 0.4) is 0 Å². The number of hydrazine groups is 1. The minimum Gasteiger partial charge on any atom is -0.300 e. The summed E-state index contributed by atoms with van der Waals surface area (Å²) in [6.07, 6.45) is 0. The van der Waals surface area contributed by atoms with E-state index in [4.69, 9.17) is 0 Å². The zero-order valence-corrected chi connectivity index (χ0v) is 12.5. The minimum absolute atomic E-state index is 0.206. The van der Waals surface area contributed by atoms with Crippen LogP contribution in [-0.2, 0) is 0 Å². The van der Waals surface area contributed by atoms with Crippen LogP contribution in [0.4, 0.5) is 34.1 Å². The summed E-state index contributed by atoms with van der Waals surface area (Å²) in [4.78, 5) is 40.0. The molecule has 14 nitrogen and oxygen atoms in total. The fourth-order valence-electron chi connectivity index (χ4n) is 1.92. The van der Waals surface area contributed by atoms with E-state index < -0.39 is 42.4 Å². The van der Waals surface area contributed by atoms with E-state index in [1.165, 1.54) is 12.1 Å². The monoisotopic (exact) mass is 364 g/mol. The molecule has 0 fully saturated rings. The van der Waals surface area contributed by atoms with Crippen molar-refractivity contribution < 1.29 is 19.7 Å². The molecule has 0 radical (unpaired) electrons. The maximum atomic E-state index is 11.1. The maximum absolute atomic E-state index is 11.1. The average Bonchev–Trinajstić information content (AvgIpc) is 2.59. The van der Waals surface area contributed by atoms with E-state index in [1.54, 1.807) is 0 Å². The van der Waals surface area contributed by atoms with Gasteiger partial charge in [0.25, 0.3) is 11.4 Å². The molecular formula is C12H8N6O8. The Morgan fingerprint density at radius 2 is 1.08 bits per heavy atom. The molecule has 0 bridgehead atoms. The van der Waals surface area contributed by atoms with Gasteiger partial charge in [0.1, 0.15) is 0 Å². The van der Waals surface area contributed by atoms with Crippen molar-refractivity contribution in [2.24, 2.45) is 0 Å². The molecule has 0 atom stereocenters. The van der Waals surface area contributed by atoms with Crippen molar-refractivity contribution in [3.63, 3.8) is 0 Å². The predicted octanol–water partition coefficient (Wildman–Crippen LogP) is 2.76. The number of non-ortho nitro benzene ring substituents is 2. The van der Waals surface area contributed by atoms with E-state index in [-0.39, 0.29) is 11.4 Å². The molecule has 0 unspecified atom stereocenters. The molecule has 0 aliphatic heterocycles. The average molecular weight is 364 g/mol. The third-order valence-corrected chi connectivity index (χ3v) is 3.10. The summed E-state index contributed by atoms with van der Waals surface area (Å²) in [6, 6.07) is 5.95. The third kappa shape index (κ3) is 3.75. The number of hydrogen-bond donors (Lipinski definition) is 2. The van der Waals surface area contributed by atoms with Crippen LogP contribution in [0.5, 0.6) is 0 Å². The highest BCUT2D eigenvalue weighted by Crippen LogP contribution is 2.38. The standard InChI is InChI=1S/C12H8N6O8/c19-15(20)8-3-1-7(2-4-8)13-14-12-10(17(23)24)5-9(16(21)22)6-11(12)18(25)26/h1-6,13-14H. The van der Waals surface area contributed by atoms with E-state index in [0.717, 1.165) is 12.1 Å². The molecule has 0 amide bonds. The topological polar surface area (TPSA) is 197 Å². The summed E-state index contributed by atoms with van der Waals surface area (Å²) in [5.41, 5.74) is 1.47. The Balaban J connectivity index is 2.40. The lowest BCUT2D eigenvalue weighted by Gasteiger charge is -2.10. The van der Waals surface area contributed by atoms with Crippen LogP contribution < -0.4 is 10.9 Å². The summed E-state index contributed by atoms with van der Waals surface area (Å²) in [5.74, 6) is 0. The van der Waals surface area contributed by atoms with Crippen LogP contribution in [0, 0.1) is 40.5 Å². The van der Waals surface area contributed by atoms with Gasteiger partial charge in [-0.2, -0.15) is 0 Å². The molecule has 0 saturated carbocycles. The lowest BCUT2D eigenvalue weighted by atomic mass is 10.2. The molecule has 2 N–H and O–H groups in total. The number of hydrogen-bond acceptors (Lipinski definition) is 10. The van der Waals surface area contributed by atoms with Crippen LogP contribution in [0.15, 0.2) is 36.4 Å². The highest BCUT2D eigenvalue weighted by Gasteiger charge is 2.30. The van der Waals surface area contributed by atoms with Gasteiger partial charge >= 0.3 is 11.4 Å². The van der Waals surface area contributed by atoms with Gasteiger partial charge in [0, 0.05) is 12.1 Å². The molecule has 14 heteroatoms. The summed E-state index contributed by atoms with van der Waals surface area (Å²) >= 11 is 0. The van der Waals surface area contributed by atoms with Gasteiger partial charge in [-0.05, 0) is 12.1 Å². The molecule has 0 saturated heterocycles. The predicted molar refractivity (Wildman–Crippen MR) is 86.7 cm³/mol.